The van der Waals surface area contributed by atoms with Gasteiger partial charge in [0.1, 0.15) is 5.82 Å². The van der Waals surface area contributed by atoms with Crippen molar-refractivity contribution in [3.8, 4) is 5.69 Å². The number of nitrogens with one attached hydrogen (secondary N) is 1. The van der Waals surface area contributed by atoms with E-state index in [2.05, 4.69) is 23.4 Å². The highest BCUT2D eigenvalue weighted by atomic mass is 35.5. The minimum atomic E-state index is -0.562. The van der Waals surface area contributed by atoms with Crippen LogP contribution in [0.4, 0.5) is 5.82 Å². The number of amides is 1. The number of halogens is 1. The molecule has 1 atom stereocenters. The molecule has 1 aromatic heterocycles. The summed E-state index contributed by atoms with van der Waals surface area (Å²) in [7, 11) is 0. The first kappa shape index (κ1) is 18.4. The third kappa shape index (κ3) is 3.22. The summed E-state index contributed by atoms with van der Waals surface area (Å²) in [5.41, 5.74) is 4.10. The molecule has 5 nitrogen and oxygen atoms in total. The molecule has 1 N–H and O–H groups in total. The lowest BCUT2D eigenvalue weighted by Gasteiger charge is -2.23. The first-order chi connectivity index (χ1) is 13.5. The Morgan fingerprint density at radius 3 is 2.71 bits per heavy atom. The van der Waals surface area contributed by atoms with Crippen molar-refractivity contribution in [3.63, 3.8) is 0 Å². The average Bonchev–Trinajstić information content (AvgIpc) is 3.04. The quantitative estimate of drug-likeness (QED) is 0.653. The average molecular weight is 394 g/mol. The van der Waals surface area contributed by atoms with Gasteiger partial charge in [-0.15, -0.1) is 0 Å². The maximum Gasteiger partial charge on any atom is 0.226 e. The second kappa shape index (κ2) is 7.24. The van der Waals surface area contributed by atoms with Crippen molar-refractivity contribution in [2.75, 3.05) is 5.32 Å². The lowest BCUT2D eigenvalue weighted by Crippen LogP contribution is -2.28. The topological polar surface area (TPSA) is 64.0 Å². The van der Waals surface area contributed by atoms with Crippen molar-refractivity contribution in [3.05, 3.63) is 75.9 Å². The Morgan fingerprint density at radius 1 is 1.25 bits per heavy atom. The van der Waals surface area contributed by atoms with Crippen LogP contribution < -0.4 is 5.32 Å². The van der Waals surface area contributed by atoms with E-state index in [4.69, 9.17) is 11.6 Å². The van der Waals surface area contributed by atoms with Crippen LogP contribution in [0.25, 0.3) is 5.69 Å². The first-order valence-electron chi connectivity index (χ1n) is 9.26. The van der Waals surface area contributed by atoms with E-state index in [1.165, 1.54) is 5.56 Å². The maximum atomic E-state index is 13.2. The molecule has 142 valence electrons. The summed E-state index contributed by atoms with van der Waals surface area (Å²) in [6.07, 6.45) is 1.01. The number of anilines is 1. The Bertz CT molecular complexity index is 1070. The molecular formula is C22H20ClN3O2. The molecule has 0 bridgehead atoms. The Morgan fingerprint density at radius 2 is 2.00 bits per heavy atom. The molecule has 2 heterocycles. The second-order valence-electron chi connectivity index (χ2n) is 6.96. The van der Waals surface area contributed by atoms with Gasteiger partial charge in [0.05, 0.1) is 17.3 Å². The van der Waals surface area contributed by atoms with Crippen LogP contribution in [-0.4, -0.2) is 21.5 Å². The number of aromatic nitrogens is 2. The molecule has 0 saturated carbocycles. The van der Waals surface area contributed by atoms with Crippen LogP contribution in [0.5, 0.6) is 0 Å². The number of benzene rings is 2. The molecule has 1 aliphatic heterocycles. The van der Waals surface area contributed by atoms with E-state index in [9.17, 15) is 9.59 Å². The Balaban J connectivity index is 1.81. The largest absolute Gasteiger partial charge is 0.310 e. The molecule has 0 unspecified atom stereocenters. The number of rotatable bonds is 4. The number of ketones is 1. The minimum absolute atomic E-state index is 0.0993. The maximum absolute atomic E-state index is 13.2. The van der Waals surface area contributed by atoms with Crippen molar-refractivity contribution < 1.29 is 9.59 Å². The zero-order chi connectivity index (χ0) is 19.8. The summed E-state index contributed by atoms with van der Waals surface area (Å²) in [6, 6.07) is 14.8. The molecule has 4 rings (SSSR count). The molecule has 1 amide bonds. The fourth-order valence-corrected chi connectivity index (χ4v) is 3.81. The Hall–Kier alpha value is -2.92. The van der Waals surface area contributed by atoms with E-state index in [0.717, 1.165) is 23.4 Å². The van der Waals surface area contributed by atoms with Crippen LogP contribution in [0, 0.1) is 6.92 Å². The molecule has 0 aliphatic carbocycles. The van der Waals surface area contributed by atoms with E-state index in [1.807, 2.05) is 25.1 Å². The Labute approximate surface area is 168 Å². The van der Waals surface area contributed by atoms with Gasteiger partial charge in [-0.2, -0.15) is 5.10 Å². The second-order valence-corrected chi connectivity index (χ2v) is 7.40. The molecule has 0 saturated heterocycles. The molecule has 0 fully saturated rings. The molecular weight excluding hydrogens is 374 g/mol. The molecule has 6 heteroatoms. The van der Waals surface area contributed by atoms with Gasteiger partial charge in [-0.05, 0) is 55.3 Å². The van der Waals surface area contributed by atoms with Crippen LogP contribution in [-0.2, 0) is 11.2 Å². The van der Waals surface area contributed by atoms with Crippen LogP contribution >= 0.6 is 11.6 Å². The molecule has 3 aromatic rings. The van der Waals surface area contributed by atoms with E-state index >= 15 is 0 Å². The number of hydrogen-bond acceptors (Lipinski definition) is 3. The number of nitrogens with zero attached hydrogens (tertiary/aromatic N) is 2. The monoisotopic (exact) mass is 393 g/mol. The SMILES string of the molecule is CCc1cccc(-n2nc(C)c3c2NC(=O)C[C@@H]3C(=O)c2ccc(Cl)cc2)c1. The summed E-state index contributed by atoms with van der Waals surface area (Å²) >= 11 is 5.94. The van der Waals surface area contributed by atoms with E-state index in [0.29, 0.717) is 16.4 Å². The van der Waals surface area contributed by atoms with Gasteiger partial charge < -0.3 is 5.32 Å². The standard InChI is InChI=1S/C22H20ClN3O2/c1-3-14-5-4-6-17(11-14)26-22-20(13(2)25-26)18(12-19(27)24-22)21(28)15-7-9-16(23)10-8-15/h4-11,18H,3,12H2,1-2H3,(H,24,27)/t18-/m0/s1. The van der Waals surface area contributed by atoms with Crippen molar-refractivity contribution in [1.82, 2.24) is 9.78 Å². The number of fused-ring (bicyclic) bond motifs is 1. The van der Waals surface area contributed by atoms with Crippen molar-refractivity contribution in [1.29, 1.82) is 0 Å². The normalized spacial score (nSPS) is 15.8. The smallest absolute Gasteiger partial charge is 0.226 e. The summed E-state index contributed by atoms with van der Waals surface area (Å²) in [5.74, 6) is -0.271. The number of carbonyl (C=O) groups excluding carboxylic acids is 2. The predicted molar refractivity (Wildman–Crippen MR) is 109 cm³/mol. The summed E-state index contributed by atoms with van der Waals surface area (Å²) < 4.78 is 1.73. The van der Waals surface area contributed by atoms with Gasteiger partial charge in [0.15, 0.2) is 5.78 Å². The number of carbonyl (C=O) groups is 2. The highest BCUT2D eigenvalue weighted by Crippen LogP contribution is 2.38. The highest BCUT2D eigenvalue weighted by Gasteiger charge is 2.36. The number of Topliss-reactive ketones (excluding diaryl/α,β-unsaturated/α-hetero) is 1. The molecule has 2 aromatic carbocycles. The zero-order valence-corrected chi connectivity index (χ0v) is 16.5. The van der Waals surface area contributed by atoms with Gasteiger partial charge in [0.2, 0.25) is 5.91 Å². The van der Waals surface area contributed by atoms with E-state index in [1.54, 1.807) is 28.9 Å². The summed E-state index contributed by atoms with van der Waals surface area (Å²) in [4.78, 5) is 25.6. The van der Waals surface area contributed by atoms with Crippen LogP contribution in [0.3, 0.4) is 0 Å². The van der Waals surface area contributed by atoms with Gasteiger partial charge >= 0.3 is 0 Å². The molecule has 1 aliphatic rings. The minimum Gasteiger partial charge on any atom is -0.310 e. The van der Waals surface area contributed by atoms with E-state index < -0.39 is 5.92 Å². The fourth-order valence-electron chi connectivity index (χ4n) is 3.68. The summed E-state index contributed by atoms with van der Waals surface area (Å²) in [5, 5.41) is 8.13. The van der Waals surface area contributed by atoms with Gasteiger partial charge in [0, 0.05) is 22.6 Å². The first-order valence-corrected chi connectivity index (χ1v) is 9.64. The zero-order valence-electron chi connectivity index (χ0n) is 15.7. The van der Waals surface area contributed by atoms with Crippen molar-refractivity contribution in [2.24, 2.45) is 0 Å². The van der Waals surface area contributed by atoms with Gasteiger partial charge in [-0.3, -0.25) is 9.59 Å². The number of hydrogen-bond donors (Lipinski definition) is 1. The van der Waals surface area contributed by atoms with E-state index in [-0.39, 0.29) is 18.1 Å². The predicted octanol–water partition coefficient (Wildman–Crippen LogP) is 4.71. The van der Waals surface area contributed by atoms with Crippen LogP contribution in [0.2, 0.25) is 5.02 Å². The molecule has 28 heavy (non-hydrogen) atoms. The third-order valence-corrected chi connectivity index (χ3v) is 5.36. The third-order valence-electron chi connectivity index (χ3n) is 5.11. The summed E-state index contributed by atoms with van der Waals surface area (Å²) in [6.45, 7) is 3.96. The van der Waals surface area contributed by atoms with Crippen LogP contribution in [0.1, 0.15) is 46.4 Å². The molecule has 0 spiro atoms. The van der Waals surface area contributed by atoms with Gasteiger partial charge in [-0.25, -0.2) is 4.68 Å². The lowest BCUT2D eigenvalue weighted by molar-refractivity contribution is -0.116. The fraction of sp³-hybridized carbons (Fsp3) is 0.227. The van der Waals surface area contributed by atoms with Gasteiger partial charge in [0.25, 0.3) is 0 Å². The number of aryl methyl sites for hydroxylation is 2. The van der Waals surface area contributed by atoms with Gasteiger partial charge in [-0.1, -0.05) is 30.7 Å². The lowest BCUT2D eigenvalue weighted by atomic mass is 9.85. The highest BCUT2D eigenvalue weighted by molar-refractivity contribution is 6.30. The van der Waals surface area contributed by atoms with Crippen LogP contribution in [0.15, 0.2) is 48.5 Å². The van der Waals surface area contributed by atoms with Crippen molar-refractivity contribution in [2.45, 2.75) is 32.6 Å². The Kier molecular flexibility index (Phi) is 4.77. The molecule has 0 radical (unpaired) electrons. The van der Waals surface area contributed by atoms with Crippen molar-refractivity contribution >= 4 is 29.1 Å².